The first-order chi connectivity index (χ1) is 14.7. The summed E-state index contributed by atoms with van der Waals surface area (Å²) in [5.74, 6) is -0.562. The number of hydrogen-bond donors (Lipinski definition) is 1. The van der Waals surface area contributed by atoms with E-state index in [-0.39, 0.29) is 11.7 Å². The Morgan fingerprint density at radius 2 is 1.77 bits per heavy atom. The lowest BCUT2D eigenvalue weighted by atomic mass is 10.00. The molecule has 0 atom stereocenters. The van der Waals surface area contributed by atoms with Crippen molar-refractivity contribution in [2.24, 2.45) is 4.99 Å². The maximum absolute atomic E-state index is 13.1. The molecule has 1 aliphatic rings. The lowest BCUT2D eigenvalue weighted by Gasteiger charge is -2.09. The monoisotopic (exact) mass is 395 g/mol. The Morgan fingerprint density at radius 1 is 0.967 bits per heavy atom. The average Bonchev–Trinajstić information content (AvgIpc) is 3.17. The minimum atomic E-state index is -0.339. The van der Waals surface area contributed by atoms with Gasteiger partial charge in [0.2, 0.25) is 0 Å². The molecule has 1 aliphatic heterocycles. The van der Waals surface area contributed by atoms with E-state index in [0.717, 1.165) is 33.4 Å². The highest BCUT2D eigenvalue weighted by atomic mass is 19.1. The van der Waals surface area contributed by atoms with E-state index in [1.807, 2.05) is 36.5 Å². The van der Waals surface area contributed by atoms with Crippen molar-refractivity contribution in [2.75, 3.05) is 5.32 Å². The topological polar surface area (TPSA) is 54.4 Å². The zero-order valence-corrected chi connectivity index (χ0v) is 16.1. The maximum Gasteiger partial charge on any atom is 0.256 e. The van der Waals surface area contributed by atoms with Crippen LogP contribution in [0.2, 0.25) is 0 Å². The van der Waals surface area contributed by atoms with Gasteiger partial charge in [0.05, 0.1) is 5.69 Å². The van der Waals surface area contributed by atoms with E-state index in [1.54, 1.807) is 18.2 Å². The van der Waals surface area contributed by atoms with Crippen LogP contribution in [0, 0.1) is 5.82 Å². The predicted octanol–water partition coefficient (Wildman–Crippen LogP) is 5.50. The van der Waals surface area contributed by atoms with Crippen LogP contribution in [0.5, 0.6) is 0 Å². The van der Waals surface area contributed by atoms with E-state index < -0.39 is 0 Å². The standard InChI is InChI=1S/C25H18FN3O/c26-18-8-10-19(11-9-18)29-25(30)22-6-3-7-24-23(22)14-21(28-24)13-20-12-16-4-1-2-5-17(16)15-27-20/h1-12,15H,13-14H2,(H,29,30). The summed E-state index contributed by atoms with van der Waals surface area (Å²) in [6.45, 7) is 0. The lowest BCUT2D eigenvalue weighted by molar-refractivity contribution is 0.102. The predicted molar refractivity (Wildman–Crippen MR) is 117 cm³/mol. The highest BCUT2D eigenvalue weighted by molar-refractivity contribution is 6.08. The third-order valence-electron chi connectivity index (χ3n) is 5.23. The van der Waals surface area contributed by atoms with Crippen LogP contribution in [-0.4, -0.2) is 16.6 Å². The molecule has 2 heterocycles. The van der Waals surface area contributed by atoms with Crippen molar-refractivity contribution in [3.63, 3.8) is 0 Å². The summed E-state index contributed by atoms with van der Waals surface area (Å²) in [7, 11) is 0. The fourth-order valence-electron chi connectivity index (χ4n) is 3.76. The molecule has 4 aromatic rings. The van der Waals surface area contributed by atoms with Gasteiger partial charge >= 0.3 is 0 Å². The number of carbonyl (C=O) groups excluding carboxylic acids is 1. The Bertz CT molecular complexity index is 1300. The molecule has 5 heteroatoms. The maximum atomic E-state index is 13.1. The number of anilines is 1. The number of nitrogens with one attached hydrogen (secondary N) is 1. The van der Waals surface area contributed by atoms with Crippen LogP contribution in [0.3, 0.4) is 0 Å². The van der Waals surface area contributed by atoms with Crippen LogP contribution in [0.1, 0.15) is 21.6 Å². The normalized spacial score (nSPS) is 12.5. The van der Waals surface area contributed by atoms with Crippen molar-refractivity contribution in [1.82, 2.24) is 4.98 Å². The summed E-state index contributed by atoms with van der Waals surface area (Å²) in [4.78, 5) is 22.1. The van der Waals surface area contributed by atoms with E-state index in [0.29, 0.717) is 24.1 Å². The minimum absolute atomic E-state index is 0.223. The van der Waals surface area contributed by atoms with Gasteiger partial charge in [-0.05, 0) is 53.4 Å². The summed E-state index contributed by atoms with van der Waals surface area (Å²) in [5.41, 5.74) is 4.80. The molecule has 0 fully saturated rings. The molecule has 0 saturated carbocycles. The zero-order valence-electron chi connectivity index (χ0n) is 16.1. The molecule has 146 valence electrons. The third kappa shape index (κ3) is 3.57. The molecule has 3 aromatic carbocycles. The van der Waals surface area contributed by atoms with Gasteiger partial charge < -0.3 is 5.32 Å². The van der Waals surface area contributed by atoms with Gasteiger partial charge in [-0.2, -0.15) is 0 Å². The number of hydrogen-bond acceptors (Lipinski definition) is 3. The van der Waals surface area contributed by atoms with Crippen LogP contribution in [-0.2, 0) is 12.8 Å². The quantitative estimate of drug-likeness (QED) is 0.496. The summed E-state index contributed by atoms with van der Waals surface area (Å²) in [6.07, 6.45) is 3.13. The number of fused-ring (bicyclic) bond motifs is 2. The molecule has 0 spiro atoms. The summed E-state index contributed by atoms with van der Waals surface area (Å²) < 4.78 is 13.1. The number of rotatable bonds is 4. The molecule has 1 aromatic heterocycles. The van der Waals surface area contributed by atoms with Crippen molar-refractivity contribution in [1.29, 1.82) is 0 Å². The SMILES string of the molecule is O=C(Nc1ccc(F)cc1)c1cccc2c1CC(Cc1cc3ccccc3cn1)=N2. The van der Waals surface area contributed by atoms with Gasteiger partial charge in [-0.25, -0.2) is 4.39 Å². The van der Waals surface area contributed by atoms with Gasteiger partial charge in [0.15, 0.2) is 0 Å². The molecule has 5 rings (SSSR count). The summed E-state index contributed by atoms with van der Waals surface area (Å²) >= 11 is 0. The van der Waals surface area contributed by atoms with Crippen LogP contribution >= 0.6 is 0 Å². The number of benzene rings is 3. The summed E-state index contributed by atoms with van der Waals surface area (Å²) in [6, 6.07) is 21.5. The number of carbonyl (C=O) groups is 1. The fourth-order valence-corrected chi connectivity index (χ4v) is 3.76. The van der Waals surface area contributed by atoms with Gasteiger partial charge in [0.1, 0.15) is 5.82 Å². The number of aromatic nitrogens is 1. The molecule has 0 radical (unpaired) electrons. The Labute approximate surface area is 173 Å². The second-order valence-corrected chi connectivity index (χ2v) is 7.32. The Balaban J connectivity index is 1.35. The molecule has 1 N–H and O–H groups in total. The van der Waals surface area contributed by atoms with Crippen molar-refractivity contribution in [2.45, 2.75) is 12.8 Å². The van der Waals surface area contributed by atoms with Gasteiger partial charge in [0.25, 0.3) is 5.91 Å². The highest BCUT2D eigenvalue weighted by Gasteiger charge is 2.22. The molecule has 30 heavy (non-hydrogen) atoms. The van der Waals surface area contributed by atoms with E-state index in [1.165, 1.54) is 12.1 Å². The van der Waals surface area contributed by atoms with Crippen LogP contribution in [0.25, 0.3) is 10.8 Å². The number of halogens is 1. The number of aliphatic imine (C=N–C) groups is 1. The average molecular weight is 395 g/mol. The Morgan fingerprint density at radius 3 is 2.60 bits per heavy atom. The lowest BCUT2D eigenvalue weighted by Crippen LogP contribution is -2.15. The van der Waals surface area contributed by atoms with E-state index in [4.69, 9.17) is 4.99 Å². The molecule has 0 aliphatic carbocycles. The minimum Gasteiger partial charge on any atom is -0.322 e. The first-order valence-corrected chi connectivity index (χ1v) is 9.75. The Kier molecular flexibility index (Phi) is 4.56. The van der Waals surface area contributed by atoms with Crippen LogP contribution in [0.4, 0.5) is 15.8 Å². The molecule has 0 bridgehead atoms. The van der Waals surface area contributed by atoms with Crippen molar-refractivity contribution in [3.05, 3.63) is 102 Å². The third-order valence-corrected chi connectivity index (χ3v) is 5.23. The Hall–Kier alpha value is -3.86. The van der Waals surface area contributed by atoms with Crippen molar-refractivity contribution < 1.29 is 9.18 Å². The van der Waals surface area contributed by atoms with Gasteiger partial charge in [-0.15, -0.1) is 0 Å². The van der Waals surface area contributed by atoms with E-state index in [9.17, 15) is 9.18 Å². The largest absolute Gasteiger partial charge is 0.322 e. The van der Waals surface area contributed by atoms with Crippen LogP contribution < -0.4 is 5.32 Å². The number of amides is 1. The molecule has 4 nitrogen and oxygen atoms in total. The number of pyridine rings is 1. The zero-order chi connectivity index (χ0) is 20.5. The fraction of sp³-hybridized carbons (Fsp3) is 0.0800. The van der Waals surface area contributed by atoms with E-state index in [2.05, 4.69) is 22.4 Å². The summed E-state index contributed by atoms with van der Waals surface area (Å²) in [5, 5.41) is 5.09. The van der Waals surface area contributed by atoms with E-state index >= 15 is 0 Å². The smallest absolute Gasteiger partial charge is 0.256 e. The number of nitrogens with zero attached hydrogens (tertiary/aromatic N) is 2. The van der Waals surface area contributed by atoms with Crippen LogP contribution in [0.15, 0.2) is 84.0 Å². The second kappa shape index (κ2) is 7.52. The van der Waals surface area contributed by atoms with Crippen molar-refractivity contribution >= 4 is 33.8 Å². The molecular formula is C25H18FN3O. The second-order valence-electron chi connectivity index (χ2n) is 7.32. The van der Waals surface area contributed by atoms with Gasteiger partial charge in [0, 0.05) is 47.1 Å². The highest BCUT2D eigenvalue weighted by Crippen LogP contribution is 2.31. The molecular weight excluding hydrogens is 377 g/mol. The molecule has 1 amide bonds. The first-order valence-electron chi connectivity index (χ1n) is 9.75. The molecule has 0 unspecified atom stereocenters. The van der Waals surface area contributed by atoms with Gasteiger partial charge in [-0.3, -0.25) is 14.8 Å². The molecule has 0 saturated heterocycles. The van der Waals surface area contributed by atoms with Gasteiger partial charge in [-0.1, -0.05) is 30.3 Å². The van der Waals surface area contributed by atoms with Crippen molar-refractivity contribution in [3.8, 4) is 0 Å². The first kappa shape index (κ1) is 18.2.